The largest absolute Gasteiger partial charge is 0.304 e. The number of thiophene rings is 1. The van der Waals surface area contributed by atoms with E-state index in [1.807, 2.05) is 29.6 Å². The topological polar surface area (TPSA) is 37.4 Å². The third kappa shape index (κ3) is 1.88. The van der Waals surface area contributed by atoms with Crippen molar-refractivity contribution in [2.45, 2.75) is 26.2 Å². The Morgan fingerprint density at radius 2 is 1.65 bits per heavy atom. The summed E-state index contributed by atoms with van der Waals surface area (Å²) in [5.74, 6) is -0.882. The molecule has 0 radical (unpaired) electrons. The molecule has 1 aliphatic heterocycles. The number of anilines is 2. The molecule has 2 heterocycles. The lowest BCUT2D eigenvalue weighted by Crippen LogP contribution is -2.25. The van der Waals surface area contributed by atoms with Crippen LogP contribution in [0.4, 0.5) is 11.4 Å². The lowest BCUT2D eigenvalue weighted by molar-refractivity contribution is -0.113. The Morgan fingerprint density at radius 3 is 2.25 bits per heavy atom. The first kappa shape index (κ1) is 13.1. The highest BCUT2D eigenvalue weighted by atomic mass is 32.1. The molecule has 1 aromatic heterocycles. The van der Waals surface area contributed by atoms with Crippen molar-refractivity contribution in [2.24, 2.45) is 0 Å². The highest BCUT2D eigenvalue weighted by molar-refractivity contribution is 7.09. The fourth-order valence-electron chi connectivity index (χ4n) is 2.33. The minimum atomic E-state index is -0.466. The zero-order valence-corrected chi connectivity index (χ0v) is 12.5. The number of amides is 1. The molecule has 0 saturated heterocycles. The first-order valence-corrected chi connectivity index (χ1v) is 7.39. The van der Waals surface area contributed by atoms with E-state index in [1.165, 1.54) is 21.8 Å². The Bertz CT molecular complexity index is 692. The molecule has 1 amide bonds. The highest BCUT2D eigenvalue weighted by Gasteiger charge is 2.37. The third-order valence-corrected chi connectivity index (χ3v) is 4.25. The monoisotopic (exact) mass is 285 g/mol. The zero-order valence-electron chi connectivity index (χ0n) is 11.6. The van der Waals surface area contributed by atoms with Crippen molar-refractivity contribution in [2.75, 3.05) is 4.90 Å². The molecule has 0 N–H and O–H groups in total. The van der Waals surface area contributed by atoms with Crippen LogP contribution in [0, 0.1) is 0 Å². The molecule has 0 aliphatic carbocycles. The predicted molar refractivity (Wildman–Crippen MR) is 80.9 cm³/mol. The summed E-state index contributed by atoms with van der Waals surface area (Å²) < 4.78 is 0. The maximum atomic E-state index is 12.1. The summed E-state index contributed by atoms with van der Waals surface area (Å²) in [5.41, 5.74) is 3.23. The van der Waals surface area contributed by atoms with Crippen molar-refractivity contribution in [1.82, 2.24) is 0 Å². The molecular weight excluding hydrogens is 270 g/mol. The second-order valence-corrected chi connectivity index (χ2v) is 6.68. The van der Waals surface area contributed by atoms with E-state index in [1.54, 1.807) is 5.38 Å². The summed E-state index contributed by atoms with van der Waals surface area (Å²) in [7, 11) is 0. The number of nitrogens with zero attached hydrogens (tertiary/aromatic N) is 1. The van der Waals surface area contributed by atoms with Gasteiger partial charge in [-0.2, -0.15) is 0 Å². The third-order valence-electron chi connectivity index (χ3n) is 3.52. The summed E-state index contributed by atoms with van der Waals surface area (Å²) in [4.78, 5) is 25.5. The van der Waals surface area contributed by atoms with Crippen molar-refractivity contribution >= 4 is 34.4 Å². The number of hydrogen-bond acceptors (Lipinski definition) is 3. The Morgan fingerprint density at radius 1 is 1.00 bits per heavy atom. The molecule has 1 aliphatic rings. The first-order chi connectivity index (χ1) is 9.39. The maximum Gasteiger partial charge on any atom is 0.304 e. The Labute approximate surface area is 121 Å². The minimum Gasteiger partial charge on any atom is -0.283 e. The number of hydrogen-bond donors (Lipinski definition) is 0. The average Bonchev–Trinajstić information content (AvgIpc) is 2.94. The fourth-order valence-corrected chi connectivity index (χ4v) is 3.12. The maximum absolute atomic E-state index is 12.1. The van der Waals surface area contributed by atoms with Crippen molar-refractivity contribution in [1.29, 1.82) is 0 Å². The summed E-state index contributed by atoms with van der Waals surface area (Å²) >= 11 is 1.44. The molecule has 0 unspecified atom stereocenters. The molecule has 0 bridgehead atoms. The van der Waals surface area contributed by atoms with Crippen molar-refractivity contribution in [3.8, 4) is 0 Å². The molecule has 0 spiro atoms. The zero-order chi connectivity index (χ0) is 14.5. The van der Waals surface area contributed by atoms with Gasteiger partial charge in [0.25, 0.3) is 5.78 Å². The normalized spacial score (nSPS) is 14.8. The van der Waals surface area contributed by atoms with E-state index in [0.29, 0.717) is 11.3 Å². The lowest BCUT2D eigenvalue weighted by atomic mass is 9.87. The molecule has 1 aromatic carbocycles. The van der Waals surface area contributed by atoms with Gasteiger partial charge in [0.15, 0.2) is 0 Å². The molecule has 4 heteroatoms. The Balaban J connectivity index is 2.03. The van der Waals surface area contributed by atoms with E-state index in [-0.39, 0.29) is 5.41 Å². The van der Waals surface area contributed by atoms with Crippen molar-refractivity contribution in [3.05, 3.63) is 46.2 Å². The van der Waals surface area contributed by atoms with Gasteiger partial charge < -0.3 is 0 Å². The smallest absolute Gasteiger partial charge is 0.283 e. The Hall–Kier alpha value is -1.94. The standard InChI is InChI=1S/C16H15NO2S/c1-16(2,3)10-4-6-11(7-5-10)17-13-9-20-8-12(13)14(18)15(17)19/h4-9H,1-3H3. The molecule has 0 saturated carbocycles. The molecule has 2 aromatic rings. The number of carbonyl (C=O) groups excluding carboxylic acids is 2. The molecule has 0 fully saturated rings. The quantitative estimate of drug-likeness (QED) is 0.745. The number of rotatable bonds is 1. The number of fused-ring (bicyclic) bond motifs is 1. The molecule has 102 valence electrons. The van der Waals surface area contributed by atoms with E-state index >= 15 is 0 Å². The van der Waals surface area contributed by atoms with Crippen LogP contribution in [-0.2, 0) is 10.2 Å². The molecular formula is C16H15NO2S. The van der Waals surface area contributed by atoms with E-state index in [2.05, 4.69) is 20.8 Å². The van der Waals surface area contributed by atoms with Gasteiger partial charge in [-0.25, -0.2) is 0 Å². The van der Waals surface area contributed by atoms with Crippen LogP contribution in [0.1, 0.15) is 36.7 Å². The van der Waals surface area contributed by atoms with Gasteiger partial charge in [0.05, 0.1) is 11.3 Å². The van der Waals surface area contributed by atoms with Gasteiger partial charge in [-0.15, -0.1) is 11.3 Å². The highest BCUT2D eigenvalue weighted by Crippen LogP contribution is 2.38. The van der Waals surface area contributed by atoms with Crippen LogP contribution in [-0.4, -0.2) is 11.7 Å². The van der Waals surface area contributed by atoms with E-state index in [0.717, 1.165) is 5.69 Å². The summed E-state index contributed by atoms with van der Waals surface area (Å²) in [6, 6.07) is 7.83. The SMILES string of the molecule is CC(C)(C)c1ccc(N2C(=O)C(=O)c3cscc32)cc1. The predicted octanol–water partition coefficient (Wildman–Crippen LogP) is 3.91. The van der Waals surface area contributed by atoms with Crippen LogP contribution in [0.15, 0.2) is 35.0 Å². The van der Waals surface area contributed by atoms with Crippen LogP contribution in [0.25, 0.3) is 0 Å². The number of Topliss-reactive ketones (excluding diaryl/α,β-unsaturated/α-hetero) is 1. The summed E-state index contributed by atoms with van der Waals surface area (Å²) in [6.07, 6.45) is 0. The van der Waals surface area contributed by atoms with Crippen LogP contribution < -0.4 is 4.90 Å². The molecule has 20 heavy (non-hydrogen) atoms. The van der Waals surface area contributed by atoms with Crippen LogP contribution in [0.3, 0.4) is 0 Å². The second kappa shape index (κ2) is 4.28. The van der Waals surface area contributed by atoms with Crippen molar-refractivity contribution in [3.63, 3.8) is 0 Å². The van der Waals surface area contributed by atoms with Gasteiger partial charge in [0, 0.05) is 16.4 Å². The lowest BCUT2D eigenvalue weighted by Gasteiger charge is -2.21. The van der Waals surface area contributed by atoms with E-state index < -0.39 is 11.7 Å². The first-order valence-electron chi connectivity index (χ1n) is 6.45. The molecule has 3 rings (SSSR count). The molecule has 3 nitrogen and oxygen atoms in total. The number of carbonyl (C=O) groups is 2. The fraction of sp³-hybridized carbons (Fsp3) is 0.250. The van der Waals surface area contributed by atoms with Gasteiger partial charge in [-0.05, 0) is 23.1 Å². The van der Waals surface area contributed by atoms with Gasteiger partial charge in [-0.1, -0.05) is 32.9 Å². The van der Waals surface area contributed by atoms with Crippen molar-refractivity contribution < 1.29 is 9.59 Å². The average molecular weight is 285 g/mol. The van der Waals surface area contributed by atoms with Gasteiger partial charge >= 0.3 is 5.91 Å². The van der Waals surface area contributed by atoms with Gasteiger partial charge in [0.2, 0.25) is 0 Å². The summed E-state index contributed by atoms with van der Waals surface area (Å²) in [6.45, 7) is 6.43. The summed E-state index contributed by atoms with van der Waals surface area (Å²) in [5, 5.41) is 3.58. The van der Waals surface area contributed by atoms with Crippen LogP contribution in [0.5, 0.6) is 0 Å². The van der Waals surface area contributed by atoms with E-state index in [9.17, 15) is 9.59 Å². The van der Waals surface area contributed by atoms with Gasteiger partial charge in [0.1, 0.15) is 0 Å². The second-order valence-electron chi connectivity index (χ2n) is 5.94. The van der Waals surface area contributed by atoms with Crippen LogP contribution >= 0.6 is 11.3 Å². The number of ketones is 1. The van der Waals surface area contributed by atoms with E-state index in [4.69, 9.17) is 0 Å². The van der Waals surface area contributed by atoms with Crippen LogP contribution in [0.2, 0.25) is 0 Å². The Kier molecular flexibility index (Phi) is 2.80. The number of benzene rings is 1. The molecule has 0 atom stereocenters. The minimum absolute atomic E-state index is 0.0664. The van der Waals surface area contributed by atoms with Gasteiger partial charge in [-0.3, -0.25) is 14.5 Å².